The summed E-state index contributed by atoms with van der Waals surface area (Å²) in [7, 11) is 0. The van der Waals surface area contributed by atoms with Gasteiger partial charge in [0.2, 0.25) is 0 Å². The lowest BCUT2D eigenvalue weighted by molar-refractivity contribution is -0.134. The maximum atomic E-state index is 11.5. The van der Waals surface area contributed by atoms with Crippen molar-refractivity contribution < 1.29 is 9.53 Å². The van der Waals surface area contributed by atoms with E-state index in [0.29, 0.717) is 12.2 Å². The molecule has 1 aromatic heterocycles. The van der Waals surface area contributed by atoms with Crippen molar-refractivity contribution >= 4 is 5.97 Å². The topological polar surface area (TPSA) is 52.1 Å². The van der Waals surface area contributed by atoms with Crippen LogP contribution in [0.2, 0.25) is 0 Å². The van der Waals surface area contributed by atoms with Crippen LogP contribution in [0.1, 0.15) is 58.1 Å². The number of carbonyl (C=O) groups is 1. The fourth-order valence-corrected chi connectivity index (χ4v) is 2.45. The van der Waals surface area contributed by atoms with Gasteiger partial charge in [-0.15, -0.1) is 0 Å². The molecule has 2 aromatic rings. The minimum atomic E-state index is -0.197. The first kappa shape index (κ1) is 18.1. The number of benzene rings is 1. The van der Waals surface area contributed by atoms with E-state index in [9.17, 15) is 4.79 Å². The Kier molecular flexibility index (Phi) is 7.40. The minimum absolute atomic E-state index is 0.197. The van der Waals surface area contributed by atoms with Crippen LogP contribution in [0.25, 0.3) is 11.3 Å². The van der Waals surface area contributed by atoms with E-state index < -0.39 is 0 Å². The van der Waals surface area contributed by atoms with Crippen LogP contribution in [-0.2, 0) is 11.2 Å². The molecule has 0 bridgehead atoms. The average Bonchev–Trinajstić information content (AvgIpc) is 2.60. The van der Waals surface area contributed by atoms with Crippen LogP contribution >= 0.6 is 0 Å². The summed E-state index contributed by atoms with van der Waals surface area (Å²) in [5.41, 5.74) is 2.84. The molecule has 24 heavy (non-hydrogen) atoms. The van der Waals surface area contributed by atoms with Gasteiger partial charge in [0.25, 0.3) is 0 Å². The van der Waals surface area contributed by atoms with Crippen LogP contribution in [0.4, 0.5) is 0 Å². The second-order valence-corrected chi connectivity index (χ2v) is 5.95. The van der Waals surface area contributed by atoms with Gasteiger partial charge in [-0.1, -0.05) is 33.1 Å². The molecular formula is C20H26N2O2. The Morgan fingerprint density at radius 1 is 0.958 bits per heavy atom. The summed E-state index contributed by atoms with van der Waals surface area (Å²) in [5, 5.41) is 0. The van der Waals surface area contributed by atoms with Crippen molar-refractivity contribution in [2.45, 2.75) is 58.8 Å². The highest BCUT2D eigenvalue weighted by molar-refractivity contribution is 5.72. The summed E-state index contributed by atoms with van der Waals surface area (Å²) in [5.74, 6) is 0.371. The molecule has 4 nitrogen and oxygen atoms in total. The predicted molar refractivity (Wildman–Crippen MR) is 95.9 cm³/mol. The van der Waals surface area contributed by atoms with Gasteiger partial charge in [0.1, 0.15) is 5.75 Å². The maximum absolute atomic E-state index is 11.5. The molecule has 1 heterocycles. The molecular weight excluding hydrogens is 300 g/mol. The second-order valence-electron chi connectivity index (χ2n) is 5.95. The first-order valence-electron chi connectivity index (χ1n) is 8.85. The maximum Gasteiger partial charge on any atom is 0.311 e. The zero-order valence-electron chi connectivity index (χ0n) is 14.6. The number of rotatable bonds is 9. The summed E-state index contributed by atoms with van der Waals surface area (Å²) in [6.07, 6.45) is 10.8. The largest absolute Gasteiger partial charge is 0.427 e. The van der Waals surface area contributed by atoms with E-state index in [0.717, 1.165) is 29.8 Å². The van der Waals surface area contributed by atoms with Gasteiger partial charge in [-0.05, 0) is 43.5 Å². The lowest BCUT2D eigenvalue weighted by atomic mass is 10.1. The molecule has 0 amide bonds. The van der Waals surface area contributed by atoms with E-state index in [4.69, 9.17) is 4.74 Å². The summed E-state index contributed by atoms with van der Waals surface area (Å²) in [6, 6.07) is 7.39. The van der Waals surface area contributed by atoms with Crippen molar-refractivity contribution in [1.29, 1.82) is 0 Å². The number of ether oxygens (including phenoxy) is 1. The number of esters is 1. The van der Waals surface area contributed by atoms with Gasteiger partial charge in [0, 0.05) is 18.2 Å². The number of hydrogen-bond acceptors (Lipinski definition) is 4. The van der Waals surface area contributed by atoms with Crippen LogP contribution in [0.3, 0.4) is 0 Å². The molecule has 0 saturated carbocycles. The van der Waals surface area contributed by atoms with Crippen molar-refractivity contribution in [2.75, 3.05) is 0 Å². The number of unbranched alkanes of at least 4 members (excludes halogenated alkanes) is 3. The molecule has 0 atom stereocenters. The average molecular weight is 326 g/mol. The highest BCUT2D eigenvalue weighted by Crippen LogP contribution is 2.20. The highest BCUT2D eigenvalue weighted by atomic mass is 16.5. The van der Waals surface area contributed by atoms with Gasteiger partial charge in [-0.2, -0.15) is 0 Å². The smallest absolute Gasteiger partial charge is 0.311 e. The molecule has 0 spiro atoms. The molecule has 4 heteroatoms. The quantitative estimate of drug-likeness (QED) is 0.371. The van der Waals surface area contributed by atoms with Crippen molar-refractivity contribution in [2.24, 2.45) is 0 Å². The monoisotopic (exact) mass is 326 g/mol. The number of carbonyl (C=O) groups excluding carboxylic acids is 1. The Labute approximate surface area is 144 Å². The normalized spacial score (nSPS) is 10.6. The molecule has 0 aliphatic carbocycles. The zero-order valence-corrected chi connectivity index (χ0v) is 14.6. The number of aryl methyl sites for hydroxylation is 1. The molecule has 0 aliphatic rings. The Balaban J connectivity index is 1.92. The lowest BCUT2D eigenvalue weighted by Crippen LogP contribution is -2.06. The SMILES string of the molecule is CCCCCCc1cnc(-c2ccc(OC(=O)CCC)cc2)cn1. The van der Waals surface area contributed by atoms with Gasteiger partial charge in [0.05, 0.1) is 17.6 Å². The van der Waals surface area contributed by atoms with Crippen LogP contribution in [0.5, 0.6) is 5.75 Å². The van der Waals surface area contributed by atoms with E-state index in [1.165, 1.54) is 25.7 Å². The molecule has 128 valence electrons. The van der Waals surface area contributed by atoms with Crippen molar-refractivity contribution in [3.63, 3.8) is 0 Å². The van der Waals surface area contributed by atoms with E-state index in [1.807, 2.05) is 31.5 Å². The summed E-state index contributed by atoms with van der Waals surface area (Å²) in [6.45, 7) is 4.17. The summed E-state index contributed by atoms with van der Waals surface area (Å²) < 4.78 is 5.25. The van der Waals surface area contributed by atoms with Crippen LogP contribution in [0.15, 0.2) is 36.7 Å². The first-order valence-corrected chi connectivity index (χ1v) is 8.85. The van der Waals surface area contributed by atoms with Crippen LogP contribution < -0.4 is 4.74 Å². The summed E-state index contributed by atoms with van der Waals surface area (Å²) in [4.78, 5) is 20.5. The van der Waals surface area contributed by atoms with Gasteiger partial charge < -0.3 is 4.74 Å². The van der Waals surface area contributed by atoms with Crippen LogP contribution in [0, 0.1) is 0 Å². The molecule has 0 saturated heterocycles. The van der Waals surface area contributed by atoms with Gasteiger partial charge in [-0.3, -0.25) is 14.8 Å². The van der Waals surface area contributed by atoms with Gasteiger partial charge in [0.15, 0.2) is 0 Å². The minimum Gasteiger partial charge on any atom is -0.427 e. The number of hydrogen-bond donors (Lipinski definition) is 0. The molecule has 0 unspecified atom stereocenters. The predicted octanol–water partition coefficient (Wildman–Crippen LogP) is 4.97. The third-order valence-corrected chi connectivity index (χ3v) is 3.83. The van der Waals surface area contributed by atoms with Gasteiger partial charge >= 0.3 is 5.97 Å². The highest BCUT2D eigenvalue weighted by Gasteiger charge is 2.05. The first-order chi connectivity index (χ1) is 11.7. The second kappa shape index (κ2) is 9.81. The fourth-order valence-electron chi connectivity index (χ4n) is 2.45. The molecule has 0 fully saturated rings. The Hall–Kier alpha value is -2.23. The Morgan fingerprint density at radius 2 is 1.75 bits per heavy atom. The molecule has 1 aromatic carbocycles. The van der Waals surface area contributed by atoms with E-state index in [-0.39, 0.29) is 5.97 Å². The van der Waals surface area contributed by atoms with E-state index in [2.05, 4.69) is 16.9 Å². The standard InChI is InChI=1S/C20H26N2O2/c1-3-5-6-7-9-17-14-22-19(15-21-17)16-10-12-18(13-11-16)24-20(23)8-4-2/h10-15H,3-9H2,1-2H3. The van der Waals surface area contributed by atoms with Crippen molar-refractivity contribution in [3.05, 3.63) is 42.4 Å². The number of aromatic nitrogens is 2. The third kappa shape index (κ3) is 5.76. The molecule has 0 aliphatic heterocycles. The van der Waals surface area contributed by atoms with E-state index >= 15 is 0 Å². The van der Waals surface area contributed by atoms with E-state index in [1.54, 1.807) is 12.1 Å². The van der Waals surface area contributed by atoms with Gasteiger partial charge in [-0.25, -0.2) is 0 Å². The fraction of sp³-hybridized carbons (Fsp3) is 0.450. The third-order valence-electron chi connectivity index (χ3n) is 3.83. The molecule has 0 N–H and O–H groups in total. The molecule has 2 rings (SSSR count). The van der Waals surface area contributed by atoms with Crippen molar-refractivity contribution in [3.8, 4) is 17.0 Å². The lowest BCUT2D eigenvalue weighted by Gasteiger charge is -2.06. The Morgan fingerprint density at radius 3 is 2.38 bits per heavy atom. The summed E-state index contributed by atoms with van der Waals surface area (Å²) >= 11 is 0. The van der Waals surface area contributed by atoms with Crippen LogP contribution in [-0.4, -0.2) is 15.9 Å². The number of nitrogens with zero attached hydrogens (tertiary/aromatic N) is 2. The van der Waals surface area contributed by atoms with Crippen molar-refractivity contribution in [1.82, 2.24) is 9.97 Å². The molecule has 0 radical (unpaired) electrons. The Bertz CT molecular complexity index is 621. The zero-order chi connectivity index (χ0) is 17.2.